The molecule has 4 atom stereocenters. The van der Waals surface area contributed by atoms with Crippen LogP contribution < -0.4 is 0 Å². The van der Waals surface area contributed by atoms with E-state index in [1.165, 1.54) is 34.1 Å². The van der Waals surface area contributed by atoms with Gasteiger partial charge in [0, 0.05) is 11.8 Å². The Morgan fingerprint density at radius 2 is 1.62 bits per heavy atom. The van der Waals surface area contributed by atoms with E-state index in [9.17, 15) is 9.59 Å². The van der Waals surface area contributed by atoms with E-state index in [4.69, 9.17) is 0 Å². The van der Waals surface area contributed by atoms with E-state index in [0.717, 1.165) is 0 Å². The molecule has 2 aromatic rings. The van der Waals surface area contributed by atoms with Crippen LogP contribution in [-0.4, -0.2) is 15.9 Å². The molecular formula is C18H11BrO2. The SMILES string of the molecule is O=C1C=CC(=O)C2(Br)C1[C@H]1c3cccc4cccc(c34)[C@H]12. The fraction of sp³-hybridized carbons (Fsp3) is 0.222. The summed E-state index contributed by atoms with van der Waals surface area (Å²) < 4.78 is -0.739. The van der Waals surface area contributed by atoms with Crippen molar-refractivity contribution in [1.29, 1.82) is 0 Å². The van der Waals surface area contributed by atoms with Gasteiger partial charge in [0.15, 0.2) is 11.6 Å². The number of allylic oxidation sites excluding steroid dienone is 2. The van der Waals surface area contributed by atoms with E-state index >= 15 is 0 Å². The van der Waals surface area contributed by atoms with Gasteiger partial charge < -0.3 is 0 Å². The monoisotopic (exact) mass is 338 g/mol. The van der Waals surface area contributed by atoms with Crippen LogP contribution in [0.4, 0.5) is 0 Å². The van der Waals surface area contributed by atoms with E-state index in [0.29, 0.717) is 0 Å². The third-order valence-corrected chi connectivity index (χ3v) is 6.75. The highest BCUT2D eigenvalue weighted by Crippen LogP contribution is 2.70. The Kier molecular flexibility index (Phi) is 1.99. The lowest BCUT2D eigenvalue weighted by Gasteiger charge is -2.55. The molecule has 1 saturated carbocycles. The Morgan fingerprint density at radius 3 is 2.38 bits per heavy atom. The first kappa shape index (κ1) is 11.9. The molecule has 0 heterocycles. The fourth-order valence-corrected chi connectivity index (χ4v) is 5.76. The minimum atomic E-state index is -0.739. The van der Waals surface area contributed by atoms with Gasteiger partial charge in [-0.25, -0.2) is 0 Å². The molecule has 2 aromatic carbocycles. The van der Waals surface area contributed by atoms with E-state index in [-0.39, 0.29) is 29.3 Å². The number of carbonyl (C=O) groups excluding carboxylic acids is 2. The third kappa shape index (κ3) is 1.13. The van der Waals surface area contributed by atoms with Gasteiger partial charge in [0.1, 0.15) is 4.32 Å². The number of alkyl halides is 1. The number of carbonyl (C=O) groups is 2. The molecule has 0 aromatic heterocycles. The lowest BCUT2D eigenvalue weighted by Crippen LogP contribution is -2.62. The highest BCUT2D eigenvalue weighted by atomic mass is 79.9. The lowest BCUT2D eigenvalue weighted by atomic mass is 9.51. The summed E-state index contributed by atoms with van der Waals surface area (Å²) in [7, 11) is 0. The van der Waals surface area contributed by atoms with Crippen LogP contribution in [0.5, 0.6) is 0 Å². The predicted octanol–water partition coefficient (Wildman–Crippen LogP) is 3.49. The predicted molar refractivity (Wildman–Crippen MR) is 83.7 cm³/mol. The average Bonchev–Trinajstić information content (AvgIpc) is 2.77. The second-order valence-corrected chi connectivity index (χ2v) is 7.45. The largest absolute Gasteiger partial charge is 0.294 e. The summed E-state index contributed by atoms with van der Waals surface area (Å²) in [5.74, 6) is 0.0329. The number of hydrogen-bond acceptors (Lipinski definition) is 2. The number of hydrogen-bond donors (Lipinski definition) is 0. The van der Waals surface area contributed by atoms with Crippen molar-refractivity contribution < 1.29 is 9.59 Å². The second kappa shape index (κ2) is 3.53. The molecule has 3 aliphatic carbocycles. The number of halogens is 1. The van der Waals surface area contributed by atoms with E-state index in [2.05, 4.69) is 40.2 Å². The number of ketones is 2. The zero-order valence-corrected chi connectivity index (χ0v) is 12.6. The van der Waals surface area contributed by atoms with E-state index < -0.39 is 4.32 Å². The molecule has 1 fully saturated rings. The van der Waals surface area contributed by atoms with Gasteiger partial charge in [-0.3, -0.25) is 9.59 Å². The molecule has 2 nitrogen and oxygen atoms in total. The Labute approximate surface area is 130 Å². The maximum absolute atomic E-state index is 12.5. The molecule has 0 radical (unpaired) electrons. The maximum Gasteiger partial charge on any atom is 0.173 e. The average molecular weight is 339 g/mol. The van der Waals surface area contributed by atoms with Crippen molar-refractivity contribution in [3.05, 3.63) is 59.7 Å². The molecule has 102 valence electrons. The molecule has 0 bridgehead atoms. The van der Waals surface area contributed by atoms with Crippen LogP contribution in [-0.2, 0) is 9.59 Å². The maximum atomic E-state index is 12.5. The van der Waals surface area contributed by atoms with Gasteiger partial charge in [-0.05, 0) is 34.1 Å². The molecule has 0 spiro atoms. The molecule has 3 aliphatic rings. The van der Waals surface area contributed by atoms with Crippen molar-refractivity contribution in [3.63, 3.8) is 0 Å². The van der Waals surface area contributed by atoms with Crippen LogP contribution >= 0.6 is 15.9 Å². The Morgan fingerprint density at radius 1 is 0.905 bits per heavy atom. The number of rotatable bonds is 0. The van der Waals surface area contributed by atoms with Crippen LogP contribution in [0.25, 0.3) is 10.8 Å². The molecular weight excluding hydrogens is 328 g/mol. The van der Waals surface area contributed by atoms with Crippen LogP contribution in [0.3, 0.4) is 0 Å². The van der Waals surface area contributed by atoms with Crippen molar-refractivity contribution in [3.8, 4) is 0 Å². The summed E-state index contributed by atoms with van der Waals surface area (Å²) in [6.45, 7) is 0. The van der Waals surface area contributed by atoms with Crippen molar-refractivity contribution in [2.75, 3.05) is 0 Å². The Hall–Kier alpha value is -1.74. The minimum absolute atomic E-state index is 0.0261. The normalized spacial score (nSPS) is 35.6. The molecule has 0 aliphatic heterocycles. The standard InChI is InChI=1S/C18H11BrO2/c19-18-13(21)8-7-12(20)17(18)15-10-5-1-3-9-4-2-6-11(14(9)10)16(15)18/h1-8,15-17H/t15-,16+,17?,18?/m0/s1. The van der Waals surface area contributed by atoms with Crippen LogP contribution in [0.2, 0.25) is 0 Å². The molecule has 0 N–H and O–H groups in total. The quantitative estimate of drug-likeness (QED) is 0.689. The molecule has 2 unspecified atom stereocenters. The van der Waals surface area contributed by atoms with Gasteiger partial charge in [0.2, 0.25) is 0 Å². The lowest BCUT2D eigenvalue weighted by molar-refractivity contribution is -0.134. The summed E-state index contributed by atoms with van der Waals surface area (Å²) in [4.78, 5) is 24.8. The summed E-state index contributed by atoms with van der Waals surface area (Å²) in [5, 5.41) is 2.43. The molecule has 5 rings (SSSR count). The minimum Gasteiger partial charge on any atom is -0.294 e. The van der Waals surface area contributed by atoms with Crippen molar-refractivity contribution in [1.82, 2.24) is 0 Å². The first-order chi connectivity index (χ1) is 10.1. The highest BCUT2D eigenvalue weighted by Gasteiger charge is 2.70. The Bertz CT molecular complexity index is 877. The fourth-order valence-electron chi connectivity index (χ4n) is 4.59. The summed E-state index contributed by atoms with van der Waals surface area (Å²) in [6.07, 6.45) is 2.89. The van der Waals surface area contributed by atoms with Gasteiger partial charge in [0.05, 0.1) is 5.92 Å². The highest BCUT2D eigenvalue weighted by molar-refractivity contribution is 9.10. The second-order valence-electron chi connectivity index (χ2n) is 6.14. The molecule has 0 amide bonds. The van der Waals surface area contributed by atoms with Gasteiger partial charge in [-0.15, -0.1) is 0 Å². The summed E-state index contributed by atoms with van der Waals surface area (Å²) >= 11 is 3.66. The topological polar surface area (TPSA) is 34.1 Å². The molecule has 21 heavy (non-hydrogen) atoms. The van der Waals surface area contributed by atoms with E-state index in [1.54, 1.807) is 0 Å². The molecule has 3 heteroatoms. The van der Waals surface area contributed by atoms with Crippen LogP contribution in [0.15, 0.2) is 48.6 Å². The number of fused-ring (bicyclic) bond motifs is 6. The third-order valence-electron chi connectivity index (χ3n) is 5.37. The van der Waals surface area contributed by atoms with Crippen molar-refractivity contribution in [2.45, 2.75) is 16.2 Å². The van der Waals surface area contributed by atoms with Crippen molar-refractivity contribution in [2.24, 2.45) is 5.92 Å². The van der Waals surface area contributed by atoms with E-state index in [1.807, 2.05) is 12.1 Å². The number of benzene rings is 2. The zero-order chi connectivity index (χ0) is 14.4. The van der Waals surface area contributed by atoms with Gasteiger partial charge >= 0.3 is 0 Å². The zero-order valence-electron chi connectivity index (χ0n) is 11.0. The summed E-state index contributed by atoms with van der Waals surface area (Å²) in [5.41, 5.74) is 2.43. The molecule has 0 saturated heterocycles. The first-order valence-electron chi connectivity index (χ1n) is 7.11. The smallest absolute Gasteiger partial charge is 0.173 e. The van der Waals surface area contributed by atoms with Crippen molar-refractivity contribution >= 4 is 38.3 Å². The van der Waals surface area contributed by atoms with Crippen LogP contribution in [0.1, 0.15) is 23.0 Å². The Balaban J connectivity index is 1.85. The first-order valence-corrected chi connectivity index (χ1v) is 7.90. The van der Waals surface area contributed by atoms with Gasteiger partial charge in [-0.2, -0.15) is 0 Å². The van der Waals surface area contributed by atoms with Gasteiger partial charge in [-0.1, -0.05) is 52.3 Å². The van der Waals surface area contributed by atoms with Crippen LogP contribution in [0, 0.1) is 5.92 Å². The summed E-state index contributed by atoms with van der Waals surface area (Å²) in [6, 6.07) is 12.5. The van der Waals surface area contributed by atoms with Gasteiger partial charge in [0.25, 0.3) is 0 Å².